The first kappa shape index (κ1) is 10.2. The van der Waals surface area contributed by atoms with Crippen LogP contribution in [0.5, 0.6) is 0 Å². The molecule has 0 aliphatic heterocycles. The molecule has 78 valence electrons. The number of fused-ring (bicyclic) bond motifs is 1. The lowest BCUT2D eigenvalue weighted by Gasteiger charge is -2.00. The van der Waals surface area contributed by atoms with Gasteiger partial charge in [-0.15, -0.1) is 11.3 Å². The minimum Gasteiger partial charge on any atom is -0.377 e. The average Bonchev–Trinajstić information content (AvgIpc) is 2.67. The zero-order valence-corrected chi connectivity index (χ0v) is 9.08. The molecule has 2 aromatic rings. The molecular formula is C10H10N2O2S. The SMILES string of the molecule is COCC(=O)Cc1ncnc2sccc12. The van der Waals surface area contributed by atoms with Gasteiger partial charge in [0.2, 0.25) is 0 Å². The maximum atomic E-state index is 11.4. The normalized spacial score (nSPS) is 10.7. The van der Waals surface area contributed by atoms with Crippen LogP contribution in [0.4, 0.5) is 0 Å². The molecule has 0 bridgehead atoms. The summed E-state index contributed by atoms with van der Waals surface area (Å²) >= 11 is 1.55. The molecule has 0 atom stereocenters. The van der Waals surface area contributed by atoms with Gasteiger partial charge in [0, 0.05) is 12.5 Å². The highest BCUT2D eigenvalue weighted by atomic mass is 32.1. The maximum absolute atomic E-state index is 11.4. The Bertz CT molecular complexity index is 481. The van der Waals surface area contributed by atoms with E-state index in [4.69, 9.17) is 4.74 Å². The van der Waals surface area contributed by atoms with E-state index in [0.717, 1.165) is 15.9 Å². The number of rotatable bonds is 4. The highest BCUT2D eigenvalue weighted by Crippen LogP contribution is 2.20. The van der Waals surface area contributed by atoms with Crippen molar-refractivity contribution in [3.05, 3.63) is 23.5 Å². The highest BCUT2D eigenvalue weighted by molar-refractivity contribution is 7.16. The number of hydrogen-bond acceptors (Lipinski definition) is 5. The third kappa shape index (κ3) is 2.19. The summed E-state index contributed by atoms with van der Waals surface area (Å²) in [5, 5.41) is 2.91. The number of ketones is 1. The van der Waals surface area contributed by atoms with Crippen LogP contribution in [0.25, 0.3) is 10.2 Å². The number of ether oxygens (including phenoxy) is 1. The lowest BCUT2D eigenvalue weighted by Crippen LogP contribution is -2.10. The van der Waals surface area contributed by atoms with Crippen molar-refractivity contribution in [1.29, 1.82) is 0 Å². The van der Waals surface area contributed by atoms with Gasteiger partial charge in [-0.3, -0.25) is 4.79 Å². The molecular weight excluding hydrogens is 212 g/mol. The van der Waals surface area contributed by atoms with Gasteiger partial charge in [0.15, 0.2) is 5.78 Å². The van der Waals surface area contributed by atoms with Crippen LogP contribution in [-0.4, -0.2) is 29.5 Å². The number of Topliss-reactive ketones (excluding diaryl/α,β-unsaturated/α-hetero) is 1. The lowest BCUT2D eigenvalue weighted by molar-refractivity contribution is -0.122. The molecule has 15 heavy (non-hydrogen) atoms. The summed E-state index contributed by atoms with van der Waals surface area (Å²) in [5.74, 6) is 0.0312. The van der Waals surface area contributed by atoms with E-state index in [0.29, 0.717) is 6.42 Å². The van der Waals surface area contributed by atoms with Gasteiger partial charge < -0.3 is 4.74 Å². The van der Waals surface area contributed by atoms with Crippen molar-refractivity contribution in [2.24, 2.45) is 0 Å². The first-order valence-corrected chi connectivity index (χ1v) is 5.37. The summed E-state index contributed by atoms with van der Waals surface area (Å²) < 4.78 is 4.78. The lowest BCUT2D eigenvalue weighted by atomic mass is 10.2. The number of carbonyl (C=O) groups is 1. The van der Waals surface area contributed by atoms with Gasteiger partial charge in [0.25, 0.3) is 0 Å². The predicted octanol–water partition coefficient (Wildman–Crippen LogP) is 1.45. The van der Waals surface area contributed by atoms with Gasteiger partial charge in [-0.05, 0) is 11.4 Å². The van der Waals surface area contributed by atoms with E-state index in [1.807, 2.05) is 11.4 Å². The monoisotopic (exact) mass is 222 g/mol. The smallest absolute Gasteiger partial charge is 0.164 e. The molecule has 0 spiro atoms. The van der Waals surface area contributed by atoms with E-state index in [-0.39, 0.29) is 12.4 Å². The van der Waals surface area contributed by atoms with Crippen molar-refractivity contribution in [2.75, 3.05) is 13.7 Å². The molecule has 0 radical (unpaired) electrons. The van der Waals surface area contributed by atoms with Crippen LogP contribution in [0.15, 0.2) is 17.8 Å². The summed E-state index contributed by atoms with van der Waals surface area (Å²) in [4.78, 5) is 20.6. The number of methoxy groups -OCH3 is 1. The van der Waals surface area contributed by atoms with Gasteiger partial charge in [-0.25, -0.2) is 9.97 Å². The molecule has 0 fully saturated rings. The molecule has 0 saturated carbocycles. The summed E-state index contributed by atoms with van der Waals surface area (Å²) in [5.41, 5.74) is 0.781. The molecule has 2 heterocycles. The van der Waals surface area contributed by atoms with E-state index < -0.39 is 0 Å². The van der Waals surface area contributed by atoms with Crippen molar-refractivity contribution in [1.82, 2.24) is 9.97 Å². The third-order valence-corrected chi connectivity index (χ3v) is 2.83. The maximum Gasteiger partial charge on any atom is 0.164 e. The van der Waals surface area contributed by atoms with Crippen molar-refractivity contribution < 1.29 is 9.53 Å². The molecule has 0 N–H and O–H groups in total. The van der Waals surface area contributed by atoms with Crippen LogP contribution in [0, 0.1) is 0 Å². The van der Waals surface area contributed by atoms with Crippen molar-refractivity contribution >= 4 is 27.3 Å². The molecule has 0 aromatic carbocycles. The van der Waals surface area contributed by atoms with Gasteiger partial charge in [-0.2, -0.15) is 0 Å². The van der Waals surface area contributed by atoms with Crippen LogP contribution < -0.4 is 0 Å². The fourth-order valence-corrected chi connectivity index (χ4v) is 2.13. The second-order valence-corrected chi connectivity index (χ2v) is 4.00. The van der Waals surface area contributed by atoms with E-state index in [1.165, 1.54) is 13.4 Å². The summed E-state index contributed by atoms with van der Waals surface area (Å²) in [6.07, 6.45) is 1.80. The number of carbonyl (C=O) groups excluding carboxylic acids is 1. The van der Waals surface area contributed by atoms with Gasteiger partial charge in [0.1, 0.15) is 17.8 Å². The minimum absolute atomic E-state index is 0.0312. The zero-order valence-electron chi connectivity index (χ0n) is 8.27. The highest BCUT2D eigenvalue weighted by Gasteiger charge is 2.09. The van der Waals surface area contributed by atoms with Gasteiger partial charge in [-0.1, -0.05) is 0 Å². The van der Waals surface area contributed by atoms with Crippen LogP contribution in [0.2, 0.25) is 0 Å². The second kappa shape index (κ2) is 4.46. The number of nitrogens with zero attached hydrogens (tertiary/aromatic N) is 2. The van der Waals surface area contributed by atoms with Crippen molar-refractivity contribution in [3.8, 4) is 0 Å². The fourth-order valence-electron chi connectivity index (χ4n) is 1.38. The minimum atomic E-state index is 0.0312. The largest absolute Gasteiger partial charge is 0.377 e. The standard InChI is InChI=1S/C10H10N2O2S/c1-14-5-7(13)4-9-8-2-3-15-10(8)12-6-11-9/h2-3,6H,4-5H2,1H3. The Morgan fingerprint density at radius 3 is 3.20 bits per heavy atom. The Labute approximate surface area is 90.9 Å². The summed E-state index contributed by atoms with van der Waals surface area (Å²) in [7, 11) is 1.51. The number of hydrogen-bond donors (Lipinski definition) is 0. The van der Waals surface area contributed by atoms with Crippen molar-refractivity contribution in [3.63, 3.8) is 0 Å². The molecule has 0 amide bonds. The molecule has 0 unspecified atom stereocenters. The molecule has 0 aliphatic rings. The van der Waals surface area contributed by atoms with Gasteiger partial charge >= 0.3 is 0 Å². The van der Waals surface area contributed by atoms with Crippen LogP contribution in [0.3, 0.4) is 0 Å². The van der Waals surface area contributed by atoms with E-state index in [1.54, 1.807) is 11.3 Å². The van der Waals surface area contributed by atoms with Crippen molar-refractivity contribution in [2.45, 2.75) is 6.42 Å². The quantitative estimate of drug-likeness (QED) is 0.785. The van der Waals surface area contributed by atoms with E-state index >= 15 is 0 Å². The summed E-state index contributed by atoms with van der Waals surface area (Å²) in [6.45, 7) is 0.135. The van der Waals surface area contributed by atoms with E-state index in [2.05, 4.69) is 9.97 Å². The predicted molar refractivity (Wildman–Crippen MR) is 58.0 cm³/mol. The van der Waals surface area contributed by atoms with Gasteiger partial charge in [0.05, 0.1) is 12.1 Å². The number of aromatic nitrogens is 2. The fraction of sp³-hybridized carbons (Fsp3) is 0.300. The Morgan fingerprint density at radius 1 is 1.53 bits per heavy atom. The third-order valence-electron chi connectivity index (χ3n) is 2.01. The molecule has 0 saturated heterocycles. The first-order valence-electron chi connectivity index (χ1n) is 4.49. The first-order chi connectivity index (χ1) is 7.31. The molecule has 0 aliphatic carbocycles. The molecule has 2 rings (SSSR count). The molecule has 4 nitrogen and oxygen atoms in total. The second-order valence-electron chi connectivity index (χ2n) is 3.11. The van der Waals surface area contributed by atoms with Crippen LogP contribution in [-0.2, 0) is 16.0 Å². The number of thiophene rings is 1. The Kier molecular flexibility index (Phi) is 3.03. The molecule has 2 aromatic heterocycles. The average molecular weight is 222 g/mol. The Morgan fingerprint density at radius 2 is 2.40 bits per heavy atom. The summed E-state index contributed by atoms with van der Waals surface area (Å²) in [6, 6.07) is 1.94. The Hall–Kier alpha value is -1.33. The zero-order chi connectivity index (χ0) is 10.7. The van der Waals surface area contributed by atoms with E-state index in [9.17, 15) is 4.79 Å². The van der Waals surface area contributed by atoms with Crippen LogP contribution >= 0.6 is 11.3 Å². The topological polar surface area (TPSA) is 52.1 Å². The Balaban J connectivity index is 2.27. The van der Waals surface area contributed by atoms with Crippen LogP contribution in [0.1, 0.15) is 5.69 Å². The molecule has 5 heteroatoms.